The van der Waals surface area contributed by atoms with Crippen LogP contribution in [0.5, 0.6) is 0 Å². The molecule has 2 rings (SSSR count). The normalized spacial score (nSPS) is 17.6. The molecule has 13 nitrogen and oxygen atoms in total. The number of nitrogens with one attached hydrogen (secondary N) is 2. The van der Waals surface area contributed by atoms with Crippen molar-refractivity contribution in [2.45, 2.75) is 56.3 Å². The van der Waals surface area contributed by atoms with Crippen molar-refractivity contribution in [1.29, 1.82) is 0 Å². The highest BCUT2D eigenvalue weighted by Gasteiger charge is 2.39. The Bertz CT molecular complexity index is 970. The van der Waals surface area contributed by atoms with Crippen molar-refractivity contribution in [3.05, 3.63) is 35.9 Å². The molecular weight excluding hydrogens is 462 g/mol. The van der Waals surface area contributed by atoms with Crippen LogP contribution in [-0.4, -0.2) is 81.4 Å². The molecule has 0 aliphatic carbocycles. The van der Waals surface area contributed by atoms with Crippen LogP contribution in [0.2, 0.25) is 0 Å². The molecule has 0 saturated carbocycles. The number of likely N-dealkylation sites (tertiary alicyclic amines) is 1. The maximum Gasteiger partial charge on any atom is 0.326 e. The number of primary amides is 1. The lowest BCUT2D eigenvalue weighted by Crippen LogP contribution is -2.57. The Morgan fingerprint density at radius 2 is 1.66 bits per heavy atom. The van der Waals surface area contributed by atoms with Crippen molar-refractivity contribution in [3.8, 4) is 0 Å². The minimum absolute atomic E-state index is 0.0321. The van der Waals surface area contributed by atoms with E-state index in [-0.39, 0.29) is 19.4 Å². The molecule has 0 spiro atoms. The summed E-state index contributed by atoms with van der Waals surface area (Å²) in [4.78, 5) is 73.4. The molecule has 0 bridgehead atoms. The maximum absolute atomic E-state index is 13.1. The summed E-state index contributed by atoms with van der Waals surface area (Å²) in [5.74, 6) is -5.93. The number of rotatable bonds is 12. The van der Waals surface area contributed by atoms with Gasteiger partial charge in [-0.25, -0.2) is 4.79 Å². The summed E-state index contributed by atoms with van der Waals surface area (Å²) in [7, 11) is 0. The van der Waals surface area contributed by atoms with Gasteiger partial charge in [0, 0.05) is 13.0 Å². The van der Waals surface area contributed by atoms with Crippen LogP contribution in [-0.2, 0) is 35.2 Å². The SMILES string of the molecule is NC(=O)CC(NC(=O)C(N)CC(=O)O)C(=O)N1CCCC1C(=O)NC(Cc1ccccc1)C(=O)O. The zero-order chi connectivity index (χ0) is 26.1. The third-order valence-electron chi connectivity index (χ3n) is 5.49. The Balaban J connectivity index is 2.13. The number of hydrogen-bond acceptors (Lipinski definition) is 7. The van der Waals surface area contributed by atoms with Crippen LogP contribution in [0.3, 0.4) is 0 Å². The van der Waals surface area contributed by atoms with E-state index in [0.717, 1.165) is 4.90 Å². The van der Waals surface area contributed by atoms with E-state index < -0.39 is 72.6 Å². The van der Waals surface area contributed by atoms with Crippen molar-refractivity contribution in [1.82, 2.24) is 15.5 Å². The van der Waals surface area contributed by atoms with Gasteiger partial charge in [0.1, 0.15) is 18.1 Å². The molecule has 13 heteroatoms. The summed E-state index contributed by atoms with van der Waals surface area (Å²) in [6.45, 7) is 0.125. The first-order chi connectivity index (χ1) is 16.5. The zero-order valence-corrected chi connectivity index (χ0v) is 18.9. The van der Waals surface area contributed by atoms with Crippen molar-refractivity contribution in [2.75, 3.05) is 6.54 Å². The van der Waals surface area contributed by atoms with E-state index in [0.29, 0.717) is 12.0 Å². The Labute approximate surface area is 200 Å². The van der Waals surface area contributed by atoms with Gasteiger partial charge in [-0.1, -0.05) is 30.3 Å². The molecule has 0 aromatic heterocycles. The summed E-state index contributed by atoms with van der Waals surface area (Å²) in [5.41, 5.74) is 11.4. The first-order valence-corrected chi connectivity index (χ1v) is 10.9. The van der Waals surface area contributed by atoms with Gasteiger partial charge in [-0.3, -0.25) is 24.0 Å². The van der Waals surface area contributed by atoms with Gasteiger partial charge in [-0.05, 0) is 18.4 Å². The van der Waals surface area contributed by atoms with E-state index in [1.54, 1.807) is 30.3 Å². The van der Waals surface area contributed by atoms with Gasteiger partial charge >= 0.3 is 11.9 Å². The molecule has 8 N–H and O–H groups in total. The smallest absolute Gasteiger partial charge is 0.326 e. The molecule has 1 aliphatic rings. The average Bonchev–Trinajstić information content (AvgIpc) is 3.27. The average molecular weight is 492 g/mol. The Kier molecular flexibility index (Phi) is 9.70. The Morgan fingerprint density at radius 3 is 2.23 bits per heavy atom. The third-order valence-corrected chi connectivity index (χ3v) is 5.49. The van der Waals surface area contributed by atoms with E-state index in [9.17, 15) is 33.9 Å². The van der Waals surface area contributed by atoms with Gasteiger partial charge in [0.15, 0.2) is 0 Å². The standard InChI is InChI=1S/C22H29N5O8/c23-13(10-18(29)30)19(31)25-14(11-17(24)28)21(33)27-8-4-7-16(27)20(32)26-15(22(34)35)9-12-5-2-1-3-6-12/h1-3,5-6,13-16H,4,7-11,23H2,(H2,24,28)(H,25,31)(H,26,32)(H,29,30)(H,34,35). The number of amides is 4. The second kappa shape index (κ2) is 12.5. The number of aliphatic carboxylic acids is 2. The van der Waals surface area contributed by atoms with Gasteiger partial charge in [0.2, 0.25) is 23.6 Å². The minimum atomic E-state index is -1.47. The van der Waals surface area contributed by atoms with Crippen molar-refractivity contribution >= 4 is 35.6 Å². The highest BCUT2D eigenvalue weighted by Crippen LogP contribution is 2.20. The molecule has 1 fully saturated rings. The van der Waals surface area contributed by atoms with E-state index in [1.165, 1.54) is 0 Å². The number of carbonyl (C=O) groups is 6. The highest BCUT2D eigenvalue weighted by molar-refractivity contribution is 5.97. The lowest BCUT2D eigenvalue weighted by atomic mass is 10.0. The summed E-state index contributed by atoms with van der Waals surface area (Å²) in [6.07, 6.45) is -0.595. The molecule has 1 aromatic rings. The van der Waals surface area contributed by atoms with E-state index >= 15 is 0 Å². The number of hydrogen-bond donors (Lipinski definition) is 6. The molecule has 1 heterocycles. The van der Waals surface area contributed by atoms with Crippen LogP contribution < -0.4 is 22.1 Å². The summed E-state index contributed by atoms with van der Waals surface area (Å²) in [6, 6.07) is 3.49. The van der Waals surface area contributed by atoms with Gasteiger partial charge in [0.05, 0.1) is 18.9 Å². The first-order valence-electron chi connectivity index (χ1n) is 10.9. The summed E-state index contributed by atoms with van der Waals surface area (Å²) >= 11 is 0. The van der Waals surface area contributed by atoms with Crippen LogP contribution in [0.25, 0.3) is 0 Å². The number of nitrogens with zero attached hydrogens (tertiary/aromatic N) is 1. The van der Waals surface area contributed by atoms with E-state index in [2.05, 4.69) is 10.6 Å². The molecule has 0 radical (unpaired) electrons. The number of nitrogens with two attached hydrogens (primary N) is 2. The molecule has 4 unspecified atom stereocenters. The van der Waals surface area contributed by atoms with Crippen LogP contribution in [0, 0.1) is 0 Å². The second-order valence-electron chi connectivity index (χ2n) is 8.21. The predicted molar refractivity (Wildman–Crippen MR) is 120 cm³/mol. The molecule has 35 heavy (non-hydrogen) atoms. The van der Waals surface area contributed by atoms with Gasteiger partial charge in [0.25, 0.3) is 0 Å². The molecule has 1 saturated heterocycles. The van der Waals surface area contributed by atoms with Crippen LogP contribution in [0.15, 0.2) is 30.3 Å². The lowest BCUT2D eigenvalue weighted by Gasteiger charge is -2.29. The van der Waals surface area contributed by atoms with Crippen LogP contribution in [0.4, 0.5) is 0 Å². The highest BCUT2D eigenvalue weighted by atomic mass is 16.4. The summed E-state index contributed by atoms with van der Waals surface area (Å²) < 4.78 is 0. The van der Waals surface area contributed by atoms with Gasteiger partial charge in [-0.2, -0.15) is 0 Å². The van der Waals surface area contributed by atoms with Crippen LogP contribution in [0.1, 0.15) is 31.2 Å². The molecular formula is C22H29N5O8. The van der Waals surface area contributed by atoms with Crippen molar-refractivity contribution in [3.63, 3.8) is 0 Å². The van der Waals surface area contributed by atoms with Gasteiger partial charge in [-0.15, -0.1) is 0 Å². The monoisotopic (exact) mass is 491 g/mol. The fraction of sp³-hybridized carbons (Fsp3) is 0.455. The Hall–Kier alpha value is -4.00. The second-order valence-corrected chi connectivity index (χ2v) is 8.21. The Morgan fingerprint density at radius 1 is 1.00 bits per heavy atom. The molecule has 190 valence electrons. The number of benzene rings is 1. The molecule has 1 aromatic carbocycles. The molecule has 4 atom stereocenters. The zero-order valence-electron chi connectivity index (χ0n) is 18.9. The number of carbonyl (C=O) groups excluding carboxylic acids is 4. The fourth-order valence-electron chi connectivity index (χ4n) is 3.78. The number of carboxylic acid groups (broad SMARTS) is 2. The lowest BCUT2D eigenvalue weighted by molar-refractivity contribution is -0.145. The third kappa shape index (κ3) is 8.07. The first kappa shape index (κ1) is 27.2. The topological polar surface area (TPSA) is 222 Å². The fourth-order valence-corrected chi connectivity index (χ4v) is 3.78. The minimum Gasteiger partial charge on any atom is -0.481 e. The number of carboxylic acids is 2. The van der Waals surface area contributed by atoms with E-state index in [1.807, 2.05) is 0 Å². The maximum atomic E-state index is 13.1. The predicted octanol–water partition coefficient (Wildman–Crippen LogP) is -2.05. The van der Waals surface area contributed by atoms with E-state index in [4.69, 9.17) is 16.6 Å². The van der Waals surface area contributed by atoms with Crippen molar-refractivity contribution < 1.29 is 39.0 Å². The molecule has 4 amide bonds. The summed E-state index contributed by atoms with van der Waals surface area (Å²) in [5, 5.41) is 23.0. The quantitative estimate of drug-likeness (QED) is 0.189. The molecule has 1 aliphatic heterocycles. The van der Waals surface area contributed by atoms with Crippen LogP contribution >= 0.6 is 0 Å². The largest absolute Gasteiger partial charge is 0.481 e. The van der Waals surface area contributed by atoms with Gasteiger partial charge < -0.3 is 37.2 Å². The van der Waals surface area contributed by atoms with Crippen molar-refractivity contribution in [2.24, 2.45) is 11.5 Å².